The second-order valence-electron chi connectivity index (χ2n) is 6.12. The first-order chi connectivity index (χ1) is 10.9. The number of carbonyl (C=O) groups is 1. The number of aliphatic hydroxyl groups excluding tert-OH is 4. The van der Waals surface area contributed by atoms with E-state index in [1.165, 1.54) is 0 Å². The van der Waals surface area contributed by atoms with E-state index >= 15 is 0 Å². The summed E-state index contributed by atoms with van der Waals surface area (Å²) >= 11 is 0. The van der Waals surface area contributed by atoms with Gasteiger partial charge in [0.05, 0.1) is 24.7 Å². The summed E-state index contributed by atoms with van der Waals surface area (Å²) in [7, 11) is 0. The van der Waals surface area contributed by atoms with E-state index in [0.717, 1.165) is 25.7 Å². The molecule has 0 aromatic heterocycles. The summed E-state index contributed by atoms with van der Waals surface area (Å²) in [6.07, 6.45) is -1.82. The van der Waals surface area contributed by atoms with Gasteiger partial charge in [-0.2, -0.15) is 0 Å². The molecule has 0 saturated carbocycles. The van der Waals surface area contributed by atoms with Gasteiger partial charge in [0.2, 0.25) is 0 Å². The minimum absolute atomic E-state index is 0.0606. The number of aliphatic hydroxyl groups is 4. The fraction of sp³-hybridized carbons (Fsp3) is 0.938. The summed E-state index contributed by atoms with van der Waals surface area (Å²) in [6.45, 7) is 3.66. The molecule has 1 aliphatic heterocycles. The van der Waals surface area contributed by atoms with Gasteiger partial charge in [-0.1, -0.05) is 26.2 Å². The van der Waals surface area contributed by atoms with Crippen molar-refractivity contribution in [2.24, 2.45) is 5.92 Å². The molecule has 1 fully saturated rings. The van der Waals surface area contributed by atoms with Crippen molar-refractivity contribution >= 4 is 5.97 Å². The first-order valence-electron chi connectivity index (χ1n) is 8.41. The quantitative estimate of drug-likeness (QED) is 0.346. The molecule has 1 aliphatic rings. The van der Waals surface area contributed by atoms with Crippen molar-refractivity contribution in [2.45, 2.75) is 76.5 Å². The third kappa shape index (κ3) is 5.69. The van der Waals surface area contributed by atoms with Crippen LogP contribution in [0.25, 0.3) is 0 Å². The van der Waals surface area contributed by atoms with Crippen LogP contribution >= 0.6 is 0 Å². The van der Waals surface area contributed by atoms with Gasteiger partial charge in [-0.05, 0) is 19.8 Å². The highest BCUT2D eigenvalue weighted by Crippen LogP contribution is 2.28. The molecule has 1 saturated heterocycles. The average Bonchev–Trinajstić information content (AvgIpc) is 2.54. The molecule has 6 atom stereocenters. The predicted octanol–water partition coefficient (Wildman–Crippen LogP) is -0.0215. The predicted molar refractivity (Wildman–Crippen MR) is 82.6 cm³/mol. The molecule has 7 heteroatoms. The Balaban J connectivity index is 2.63. The minimum atomic E-state index is -1.41. The van der Waals surface area contributed by atoms with Crippen LogP contribution in [0.2, 0.25) is 0 Å². The Hall–Kier alpha value is -0.730. The highest BCUT2D eigenvalue weighted by atomic mass is 16.6. The Morgan fingerprint density at radius 1 is 1.13 bits per heavy atom. The summed E-state index contributed by atoms with van der Waals surface area (Å²) in [5, 5.41) is 38.8. The van der Waals surface area contributed by atoms with Crippen LogP contribution in [0, 0.1) is 5.92 Å². The van der Waals surface area contributed by atoms with Crippen LogP contribution < -0.4 is 0 Å². The van der Waals surface area contributed by atoms with Gasteiger partial charge in [0.15, 0.2) is 0 Å². The standard InChI is InChI=1S/C16H30O7/c1-3-4-5-6-9-22-16(21)11(7-8-17)15-14(20)13(19)12(18)10(2)23-15/h10-15,17-20H,3-9H2,1-2H3/t10-,11?,12-,13+,14+,15?/m0/s1. The third-order valence-electron chi connectivity index (χ3n) is 4.27. The Morgan fingerprint density at radius 2 is 1.83 bits per heavy atom. The number of rotatable bonds is 9. The van der Waals surface area contributed by atoms with Gasteiger partial charge in [-0.3, -0.25) is 4.79 Å². The van der Waals surface area contributed by atoms with Gasteiger partial charge in [0.25, 0.3) is 0 Å². The van der Waals surface area contributed by atoms with Crippen LogP contribution in [0.1, 0.15) is 46.0 Å². The molecule has 136 valence electrons. The minimum Gasteiger partial charge on any atom is -0.465 e. The fourth-order valence-electron chi connectivity index (χ4n) is 2.78. The van der Waals surface area contributed by atoms with E-state index in [4.69, 9.17) is 9.47 Å². The lowest BCUT2D eigenvalue weighted by Gasteiger charge is -2.41. The molecule has 0 aromatic carbocycles. The zero-order valence-electron chi connectivity index (χ0n) is 13.9. The SMILES string of the molecule is CCCCCCOC(=O)C(CCO)C1O[C@@H](C)[C@H](O)[C@@H](O)[C@H]1O. The lowest BCUT2D eigenvalue weighted by atomic mass is 9.86. The molecule has 4 N–H and O–H groups in total. The molecule has 1 heterocycles. The fourth-order valence-corrected chi connectivity index (χ4v) is 2.78. The van der Waals surface area contributed by atoms with Crippen molar-refractivity contribution in [1.82, 2.24) is 0 Å². The zero-order valence-corrected chi connectivity index (χ0v) is 13.9. The third-order valence-corrected chi connectivity index (χ3v) is 4.27. The first-order valence-corrected chi connectivity index (χ1v) is 8.41. The van der Waals surface area contributed by atoms with Crippen LogP contribution in [0.15, 0.2) is 0 Å². The second-order valence-corrected chi connectivity index (χ2v) is 6.12. The van der Waals surface area contributed by atoms with Crippen molar-refractivity contribution in [2.75, 3.05) is 13.2 Å². The number of ether oxygens (including phenoxy) is 2. The number of unbranched alkanes of at least 4 members (excludes halogenated alkanes) is 3. The molecule has 7 nitrogen and oxygen atoms in total. The van der Waals surface area contributed by atoms with E-state index in [1.807, 2.05) is 0 Å². The summed E-state index contributed by atoms with van der Waals surface area (Å²) in [5.41, 5.74) is 0. The number of hydrogen-bond donors (Lipinski definition) is 4. The van der Waals surface area contributed by atoms with Crippen molar-refractivity contribution in [3.63, 3.8) is 0 Å². The largest absolute Gasteiger partial charge is 0.465 e. The van der Waals surface area contributed by atoms with Crippen LogP contribution in [0.5, 0.6) is 0 Å². The molecule has 0 aliphatic carbocycles. The van der Waals surface area contributed by atoms with E-state index in [0.29, 0.717) is 0 Å². The molecule has 0 aromatic rings. The number of carbonyl (C=O) groups excluding carboxylic acids is 1. The maximum absolute atomic E-state index is 12.2. The van der Waals surface area contributed by atoms with E-state index in [9.17, 15) is 25.2 Å². The molecule has 2 unspecified atom stereocenters. The summed E-state index contributed by atoms with van der Waals surface area (Å²) in [5.74, 6) is -1.44. The highest BCUT2D eigenvalue weighted by molar-refractivity contribution is 5.73. The molecule has 0 spiro atoms. The molecule has 23 heavy (non-hydrogen) atoms. The lowest BCUT2D eigenvalue weighted by molar-refractivity contribution is -0.233. The Kier molecular flexibility index (Phi) is 9.01. The van der Waals surface area contributed by atoms with Gasteiger partial charge in [0, 0.05) is 6.61 Å². The molecule has 0 amide bonds. The van der Waals surface area contributed by atoms with Gasteiger partial charge in [-0.25, -0.2) is 0 Å². The lowest BCUT2D eigenvalue weighted by Crippen LogP contribution is -2.59. The van der Waals surface area contributed by atoms with Crippen molar-refractivity contribution in [3.8, 4) is 0 Å². The van der Waals surface area contributed by atoms with Gasteiger partial charge in [-0.15, -0.1) is 0 Å². The summed E-state index contributed by atoms with van der Waals surface area (Å²) in [4.78, 5) is 12.2. The number of hydrogen-bond acceptors (Lipinski definition) is 7. The van der Waals surface area contributed by atoms with E-state index in [1.54, 1.807) is 6.92 Å². The van der Waals surface area contributed by atoms with Gasteiger partial charge >= 0.3 is 5.97 Å². The number of esters is 1. The zero-order chi connectivity index (χ0) is 17.4. The molecule has 0 bridgehead atoms. The van der Waals surface area contributed by atoms with Gasteiger partial charge in [0.1, 0.15) is 18.3 Å². The Labute approximate surface area is 137 Å². The van der Waals surface area contributed by atoms with E-state index in [-0.39, 0.29) is 19.6 Å². The monoisotopic (exact) mass is 334 g/mol. The van der Waals surface area contributed by atoms with E-state index < -0.39 is 42.4 Å². The topological polar surface area (TPSA) is 116 Å². The highest BCUT2D eigenvalue weighted by Gasteiger charge is 2.47. The maximum atomic E-state index is 12.2. The normalized spacial score (nSPS) is 32.5. The van der Waals surface area contributed by atoms with Crippen molar-refractivity contribution < 1.29 is 34.7 Å². The molecular formula is C16H30O7. The molecular weight excluding hydrogens is 304 g/mol. The first kappa shape index (κ1) is 20.3. The van der Waals surface area contributed by atoms with Gasteiger partial charge < -0.3 is 29.9 Å². The average molecular weight is 334 g/mol. The van der Waals surface area contributed by atoms with Crippen molar-refractivity contribution in [1.29, 1.82) is 0 Å². The molecule has 0 radical (unpaired) electrons. The van der Waals surface area contributed by atoms with Crippen LogP contribution in [-0.2, 0) is 14.3 Å². The Bertz CT molecular complexity index is 349. The molecule has 1 rings (SSSR count). The summed E-state index contributed by atoms with van der Waals surface area (Å²) in [6, 6.07) is 0. The Morgan fingerprint density at radius 3 is 2.43 bits per heavy atom. The maximum Gasteiger partial charge on any atom is 0.311 e. The van der Waals surface area contributed by atoms with Crippen LogP contribution in [0.3, 0.4) is 0 Å². The van der Waals surface area contributed by atoms with E-state index in [2.05, 4.69) is 6.92 Å². The van der Waals surface area contributed by atoms with Crippen molar-refractivity contribution in [3.05, 3.63) is 0 Å². The van der Waals surface area contributed by atoms with Crippen LogP contribution in [0.4, 0.5) is 0 Å². The summed E-state index contributed by atoms with van der Waals surface area (Å²) < 4.78 is 10.7. The van der Waals surface area contributed by atoms with Crippen LogP contribution in [-0.4, -0.2) is 70.1 Å². The second kappa shape index (κ2) is 10.2. The smallest absolute Gasteiger partial charge is 0.311 e.